The lowest BCUT2D eigenvalue weighted by atomic mass is 10.1. The Labute approximate surface area is 192 Å². The minimum atomic E-state index is -4.31. The van der Waals surface area contributed by atoms with E-state index in [1.165, 1.54) is 11.3 Å². The fourth-order valence-corrected chi connectivity index (χ4v) is 4.06. The van der Waals surface area contributed by atoms with Crippen LogP contribution >= 0.6 is 22.9 Å². The van der Waals surface area contributed by atoms with E-state index in [9.17, 15) is 22.8 Å². The number of thiophene rings is 1. The number of carbonyl (C=O) groups is 2. The molecule has 0 unspecified atom stereocenters. The van der Waals surface area contributed by atoms with Crippen molar-refractivity contribution in [2.45, 2.75) is 12.6 Å². The zero-order valence-corrected chi connectivity index (χ0v) is 18.7. The Balaban J connectivity index is 1.48. The predicted molar refractivity (Wildman–Crippen MR) is 118 cm³/mol. The molecule has 0 bridgehead atoms. The third-order valence-electron chi connectivity index (χ3n) is 4.89. The molecule has 1 fully saturated rings. The van der Waals surface area contributed by atoms with Crippen LogP contribution in [-0.2, 0) is 4.74 Å². The van der Waals surface area contributed by atoms with Crippen LogP contribution in [0.25, 0.3) is 0 Å². The number of alkyl halides is 3. The predicted octanol–water partition coefficient (Wildman–Crippen LogP) is 4.38. The molecule has 0 radical (unpaired) electrons. The molecule has 1 aliphatic rings. The van der Waals surface area contributed by atoms with E-state index in [1.54, 1.807) is 40.6 Å². The molecule has 11 heteroatoms. The van der Waals surface area contributed by atoms with Gasteiger partial charge in [-0.05, 0) is 36.1 Å². The number of nitrogens with one attached hydrogen (secondary N) is 1. The second-order valence-electron chi connectivity index (χ2n) is 7.28. The standard InChI is InChI=1S/C21H23ClF3N3O3S/c22-16-5-4-15(13-17(16)26-19(29)18-3-1-12-32-18)20(30)28-9-7-27(8-10-28)6-2-11-31-14-21(23,24)25/h1,3-5,12-13H,2,6-11,14H2,(H,26,29). The third kappa shape index (κ3) is 7.19. The number of benzene rings is 1. The number of rotatable bonds is 8. The molecule has 3 rings (SSSR count). The van der Waals surface area contributed by atoms with Crippen LogP contribution in [0.2, 0.25) is 5.02 Å². The van der Waals surface area contributed by atoms with Gasteiger partial charge in [-0.15, -0.1) is 11.3 Å². The topological polar surface area (TPSA) is 61.9 Å². The largest absolute Gasteiger partial charge is 0.411 e. The fourth-order valence-electron chi connectivity index (χ4n) is 3.28. The summed E-state index contributed by atoms with van der Waals surface area (Å²) in [5, 5.41) is 4.87. The number of hydrogen-bond acceptors (Lipinski definition) is 5. The van der Waals surface area contributed by atoms with Gasteiger partial charge < -0.3 is 15.0 Å². The highest BCUT2D eigenvalue weighted by Crippen LogP contribution is 2.25. The van der Waals surface area contributed by atoms with Gasteiger partial charge in [-0.3, -0.25) is 14.5 Å². The first-order valence-electron chi connectivity index (χ1n) is 10.0. The Hall–Kier alpha value is -2.14. The summed E-state index contributed by atoms with van der Waals surface area (Å²) in [6.07, 6.45) is -3.81. The summed E-state index contributed by atoms with van der Waals surface area (Å²) in [5.74, 6) is -0.458. The highest BCUT2D eigenvalue weighted by Gasteiger charge is 2.27. The van der Waals surface area contributed by atoms with Crippen molar-refractivity contribution in [3.8, 4) is 0 Å². The summed E-state index contributed by atoms with van der Waals surface area (Å²) < 4.78 is 40.8. The van der Waals surface area contributed by atoms with Crippen LogP contribution in [-0.4, -0.2) is 73.7 Å². The summed E-state index contributed by atoms with van der Waals surface area (Å²) in [7, 11) is 0. The van der Waals surface area contributed by atoms with Crippen LogP contribution in [0, 0.1) is 0 Å². The average Bonchev–Trinajstić information content (AvgIpc) is 3.29. The smallest absolute Gasteiger partial charge is 0.372 e. The Kier molecular flexibility index (Phi) is 8.52. The van der Waals surface area contributed by atoms with E-state index in [4.69, 9.17) is 11.6 Å². The molecule has 174 valence electrons. The normalized spacial score (nSPS) is 15.1. The van der Waals surface area contributed by atoms with Crippen molar-refractivity contribution < 1.29 is 27.5 Å². The second kappa shape index (κ2) is 11.1. The van der Waals surface area contributed by atoms with E-state index >= 15 is 0 Å². The highest BCUT2D eigenvalue weighted by molar-refractivity contribution is 7.12. The summed E-state index contributed by atoms with van der Waals surface area (Å²) in [5.41, 5.74) is 0.790. The summed E-state index contributed by atoms with van der Waals surface area (Å²) in [4.78, 5) is 29.5. The molecule has 1 N–H and O–H groups in total. The van der Waals surface area contributed by atoms with Gasteiger partial charge >= 0.3 is 6.18 Å². The number of anilines is 1. The lowest BCUT2D eigenvalue weighted by Crippen LogP contribution is -2.49. The number of ether oxygens (including phenoxy) is 1. The summed E-state index contributed by atoms with van der Waals surface area (Å²) >= 11 is 7.50. The first-order chi connectivity index (χ1) is 15.2. The first-order valence-corrected chi connectivity index (χ1v) is 11.3. The molecule has 1 aromatic heterocycles. The lowest BCUT2D eigenvalue weighted by Gasteiger charge is -2.34. The van der Waals surface area contributed by atoms with Gasteiger partial charge in [-0.25, -0.2) is 0 Å². The second-order valence-corrected chi connectivity index (χ2v) is 8.64. The van der Waals surface area contributed by atoms with Crippen molar-refractivity contribution >= 4 is 40.4 Å². The van der Waals surface area contributed by atoms with Crippen LogP contribution < -0.4 is 5.32 Å². The maximum Gasteiger partial charge on any atom is 0.411 e. The Morgan fingerprint density at radius 2 is 1.91 bits per heavy atom. The molecule has 1 aliphatic heterocycles. The molecule has 32 heavy (non-hydrogen) atoms. The van der Waals surface area contributed by atoms with Gasteiger partial charge in [0.1, 0.15) is 6.61 Å². The van der Waals surface area contributed by atoms with Gasteiger partial charge in [0, 0.05) is 44.9 Å². The molecule has 0 saturated carbocycles. The Bertz CT molecular complexity index is 917. The zero-order chi connectivity index (χ0) is 23.1. The van der Waals surface area contributed by atoms with Gasteiger partial charge in [0.15, 0.2) is 0 Å². The zero-order valence-electron chi connectivity index (χ0n) is 17.2. The van der Waals surface area contributed by atoms with Gasteiger partial charge in [0.05, 0.1) is 15.6 Å². The van der Waals surface area contributed by atoms with Crippen molar-refractivity contribution in [1.29, 1.82) is 0 Å². The number of amides is 2. The number of nitrogens with zero attached hydrogens (tertiary/aromatic N) is 2. The van der Waals surface area contributed by atoms with Crippen molar-refractivity contribution in [2.75, 3.05) is 51.3 Å². The van der Waals surface area contributed by atoms with Gasteiger partial charge in [-0.1, -0.05) is 17.7 Å². The van der Waals surface area contributed by atoms with Crippen LogP contribution in [0.5, 0.6) is 0 Å². The van der Waals surface area contributed by atoms with E-state index in [1.807, 2.05) is 0 Å². The maximum atomic E-state index is 12.9. The molecule has 0 spiro atoms. The Morgan fingerprint density at radius 3 is 2.56 bits per heavy atom. The quantitative estimate of drug-likeness (QED) is 0.559. The maximum absolute atomic E-state index is 12.9. The summed E-state index contributed by atoms with van der Waals surface area (Å²) in [6.45, 7) is 1.68. The van der Waals surface area contributed by atoms with E-state index in [0.717, 1.165) is 0 Å². The fraction of sp³-hybridized carbons (Fsp3) is 0.429. The van der Waals surface area contributed by atoms with E-state index in [0.29, 0.717) is 60.3 Å². The molecule has 0 atom stereocenters. The third-order valence-corrected chi connectivity index (χ3v) is 6.09. The molecule has 0 aliphatic carbocycles. The van der Waals surface area contributed by atoms with Gasteiger partial charge in [0.25, 0.3) is 11.8 Å². The number of carbonyl (C=O) groups excluding carboxylic acids is 2. The first kappa shape index (κ1) is 24.5. The van der Waals surface area contributed by atoms with Crippen molar-refractivity contribution in [3.05, 3.63) is 51.2 Å². The van der Waals surface area contributed by atoms with Gasteiger partial charge in [-0.2, -0.15) is 13.2 Å². The molecular weight excluding hydrogens is 467 g/mol. The molecule has 1 saturated heterocycles. The van der Waals surface area contributed by atoms with Crippen molar-refractivity contribution in [3.63, 3.8) is 0 Å². The van der Waals surface area contributed by atoms with Crippen LogP contribution in [0.1, 0.15) is 26.5 Å². The van der Waals surface area contributed by atoms with Gasteiger partial charge in [0.2, 0.25) is 0 Å². The average molecular weight is 490 g/mol. The Morgan fingerprint density at radius 1 is 1.16 bits per heavy atom. The summed E-state index contributed by atoms with van der Waals surface area (Å²) in [6, 6.07) is 8.24. The minimum absolute atomic E-state index is 0.0450. The number of piperazine rings is 1. The molecular formula is C21H23ClF3N3O3S. The monoisotopic (exact) mass is 489 g/mol. The van der Waals surface area contributed by atoms with Crippen LogP contribution in [0.4, 0.5) is 18.9 Å². The lowest BCUT2D eigenvalue weighted by molar-refractivity contribution is -0.174. The van der Waals surface area contributed by atoms with Crippen molar-refractivity contribution in [1.82, 2.24) is 9.80 Å². The van der Waals surface area contributed by atoms with E-state index in [-0.39, 0.29) is 18.4 Å². The van der Waals surface area contributed by atoms with E-state index in [2.05, 4.69) is 15.0 Å². The number of halogens is 4. The SMILES string of the molecule is O=C(Nc1cc(C(=O)N2CCN(CCCOCC(F)(F)F)CC2)ccc1Cl)c1cccs1. The molecule has 1 aromatic carbocycles. The van der Waals surface area contributed by atoms with Crippen LogP contribution in [0.15, 0.2) is 35.7 Å². The van der Waals surface area contributed by atoms with Crippen LogP contribution in [0.3, 0.4) is 0 Å². The highest BCUT2D eigenvalue weighted by atomic mass is 35.5. The minimum Gasteiger partial charge on any atom is -0.372 e. The van der Waals surface area contributed by atoms with E-state index < -0.39 is 12.8 Å². The molecule has 2 amide bonds. The molecule has 6 nitrogen and oxygen atoms in total. The molecule has 2 heterocycles. The number of hydrogen-bond donors (Lipinski definition) is 1. The molecule has 2 aromatic rings. The van der Waals surface area contributed by atoms with Crippen molar-refractivity contribution in [2.24, 2.45) is 0 Å².